The predicted octanol–water partition coefficient (Wildman–Crippen LogP) is 1.60. The Bertz CT molecular complexity index is 323. The fraction of sp³-hybridized carbons (Fsp3) is 0.750. The van der Waals surface area contributed by atoms with E-state index >= 15 is 0 Å². The van der Waals surface area contributed by atoms with E-state index in [0.29, 0.717) is 13.2 Å². The van der Waals surface area contributed by atoms with Crippen molar-refractivity contribution < 1.29 is 4.74 Å². The lowest BCUT2D eigenvalue weighted by molar-refractivity contribution is 0.0847. The highest BCUT2D eigenvalue weighted by Crippen LogP contribution is 2.10. The van der Waals surface area contributed by atoms with Crippen molar-refractivity contribution in [3.63, 3.8) is 0 Å². The van der Waals surface area contributed by atoms with E-state index in [-0.39, 0.29) is 0 Å². The molecule has 96 valence electrons. The summed E-state index contributed by atoms with van der Waals surface area (Å²) < 4.78 is 5.64. The monoisotopic (exact) mass is 255 g/mol. The quantitative estimate of drug-likeness (QED) is 0.785. The van der Waals surface area contributed by atoms with Crippen molar-refractivity contribution in [1.29, 1.82) is 0 Å². The van der Waals surface area contributed by atoms with Gasteiger partial charge in [0.15, 0.2) is 0 Å². The Hall–Kier alpha value is -0.490. The van der Waals surface area contributed by atoms with Gasteiger partial charge in [0.1, 0.15) is 5.01 Å². The van der Waals surface area contributed by atoms with Crippen molar-refractivity contribution in [1.82, 2.24) is 9.88 Å². The van der Waals surface area contributed by atoms with Crippen molar-refractivity contribution in [2.75, 3.05) is 26.2 Å². The highest BCUT2D eigenvalue weighted by molar-refractivity contribution is 7.09. The van der Waals surface area contributed by atoms with Gasteiger partial charge in [-0.2, -0.15) is 0 Å². The van der Waals surface area contributed by atoms with Gasteiger partial charge in [0, 0.05) is 18.5 Å². The van der Waals surface area contributed by atoms with Crippen LogP contribution in [0.2, 0.25) is 0 Å². The van der Waals surface area contributed by atoms with Gasteiger partial charge >= 0.3 is 0 Å². The van der Waals surface area contributed by atoms with Gasteiger partial charge in [0.05, 0.1) is 18.9 Å². The molecule has 0 atom stereocenters. The fourth-order valence-electron chi connectivity index (χ4n) is 2.06. The first kappa shape index (κ1) is 13.0. The number of hydrogen-bond acceptors (Lipinski definition) is 5. The van der Waals surface area contributed by atoms with Crippen LogP contribution < -0.4 is 5.73 Å². The van der Waals surface area contributed by atoms with E-state index in [1.165, 1.54) is 32.4 Å². The summed E-state index contributed by atoms with van der Waals surface area (Å²) in [7, 11) is 0. The Morgan fingerprint density at radius 2 is 2.18 bits per heavy atom. The number of likely N-dealkylation sites (tertiary alicyclic amines) is 1. The van der Waals surface area contributed by atoms with Crippen molar-refractivity contribution in [2.24, 2.45) is 5.73 Å². The van der Waals surface area contributed by atoms with E-state index in [9.17, 15) is 0 Å². The molecule has 0 spiro atoms. The zero-order valence-corrected chi connectivity index (χ0v) is 11.0. The highest BCUT2D eigenvalue weighted by atomic mass is 32.1. The topological polar surface area (TPSA) is 51.4 Å². The van der Waals surface area contributed by atoms with Crippen LogP contribution >= 0.6 is 11.3 Å². The first-order chi connectivity index (χ1) is 8.38. The minimum absolute atomic E-state index is 0.526. The molecule has 2 rings (SSSR count). The van der Waals surface area contributed by atoms with E-state index in [2.05, 4.69) is 9.88 Å². The van der Waals surface area contributed by atoms with Gasteiger partial charge in [-0.3, -0.25) is 0 Å². The number of thiazole rings is 1. The third-order valence-corrected chi connectivity index (χ3v) is 3.94. The second-order valence-electron chi connectivity index (χ2n) is 4.39. The van der Waals surface area contributed by atoms with Crippen LogP contribution in [-0.4, -0.2) is 36.1 Å². The largest absolute Gasteiger partial charge is 0.374 e. The standard InChI is InChI=1S/C12H21N3OS/c13-8-12-14-11(10-17-12)9-16-7-6-15-4-2-1-3-5-15/h10H,1-9,13H2. The van der Waals surface area contributed by atoms with Crippen LogP contribution in [0.25, 0.3) is 0 Å². The zero-order valence-electron chi connectivity index (χ0n) is 10.2. The van der Waals surface area contributed by atoms with Gasteiger partial charge < -0.3 is 15.4 Å². The van der Waals surface area contributed by atoms with Crippen molar-refractivity contribution in [2.45, 2.75) is 32.4 Å². The van der Waals surface area contributed by atoms with E-state index in [1.54, 1.807) is 11.3 Å². The van der Waals surface area contributed by atoms with E-state index in [1.807, 2.05) is 5.38 Å². The normalized spacial score (nSPS) is 17.5. The molecule has 0 aromatic carbocycles. The van der Waals surface area contributed by atoms with E-state index in [4.69, 9.17) is 10.5 Å². The summed E-state index contributed by atoms with van der Waals surface area (Å²) in [6, 6.07) is 0. The Balaban J connectivity index is 1.59. The van der Waals surface area contributed by atoms with Crippen molar-refractivity contribution in [3.05, 3.63) is 16.1 Å². The molecule has 2 N–H and O–H groups in total. The fourth-order valence-corrected chi connectivity index (χ4v) is 2.72. The minimum Gasteiger partial charge on any atom is -0.374 e. The van der Waals surface area contributed by atoms with Crippen LogP contribution in [0.5, 0.6) is 0 Å². The predicted molar refractivity (Wildman–Crippen MR) is 70.0 cm³/mol. The van der Waals surface area contributed by atoms with Crippen molar-refractivity contribution >= 4 is 11.3 Å². The first-order valence-electron chi connectivity index (χ1n) is 6.32. The second-order valence-corrected chi connectivity index (χ2v) is 5.33. The summed E-state index contributed by atoms with van der Waals surface area (Å²) >= 11 is 1.61. The summed E-state index contributed by atoms with van der Waals surface area (Å²) in [6.45, 7) is 5.46. The number of aromatic nitrogens is 1. The smallest absolute Gasteiger partial charge is 0.107 e. The maximum atomic E-state index is 5.64. The molecule has 4 nitrogen and oxygen atoms in total. The number of ether oxygens (including phenoxy) is 1. The maximum Gasteiger partial charge on any atom is 0.107 e. The Morgan fingerprint density at radius 3 is 2.88 bits per heavy atom. The molecule has 0 bridgehead atoms. The molecule has 1 aliphatic heterocycles. The molecular formula is C12H21N3OS. The second kappa shape index (κ2) is 7.06. The van der Waals surface area contributed by atoms with Gasteiger partial charge in [-0.05, 0) is 25.9 Å². The molecule has 0 aliphatic carbocycles. The van der Waals surface area contributed by atoms with Crippen LogP contribution in [0.1, 0.15) is 30.0 Å². The molecule has 5 heteroatoms. The van der Waals surface area contributed by atoms with Gasteiger partial charge in [-0.25, -0.2) is 4.98 Å². The summed E-state index contributed by atoms with van der Waals surface area (Å²) in [5.74, 6) is 0. The summed E-state index contributed by atoms with van der Waals surface area (Å²) in [6.07, 6.45) is 4.07. The van der Waals surface area contributed by atoms with Gasteiger partial charge in [-0.15, -0.1) is 11.3 Å². The van der Waals surface area contributed by atoms with Crippen molar-refractivity contribution in [3.8, 4) is 0 Å². The summed E-state index contributed by atoms with van der Waals surface area (Å²) in [4.78, 5) is 6.85. The van der Waals surface area contributed by atoms with E-state index in [0.717, 1.165) is 23.9 Å². The molecule has 0 saturated carbocycles. The molecule has 1 aromatic heterocycles. The third-order valence-electron chi connectivity index (χ3n) is 3.02. The number of rotatable bonds is 6. The lowest BCUT2D eigenvalue weighted by Crippen LogP contribution is -2.32. The minimum atomic E-state index is 0.526. The third kappa shape index (κ3) is 4.35. The van der Waals surface area contributed by atoms with Gasteiger partial charge in [0.25, 0.3) is 0 Å². The number of nitrogens with zero attached hydrogens (tertiary/aromatic N) is 2. The number of piperidine rings is 1. The lowest BCUT2D eigenvalue weighted by atomic mass is 10.1. The van der Waals surface area contributed by atoms with Gasteiger partial charge in [-0.1, -0.05) is 6.42 Å². The SMILES string of the molecule is NCc1nc(COCCN2CCCCC2)cs1. The average Bonchev–Trinajstić information content (AvgIpc) is 2.84. The molecule has 0 unspecified atom stereocenters. The van der Waals surface area contributed by atoms with Crippen LogP contribution in [0, 0.1) is 0 Å². The molecule has 17 heavy (non-hydrogen) atoms. The number of nitrogens with two attached hydrogens (primary N) is 1. The van der Waals surface area contributed by atoms with Crippen LogP contribution in [0.4, 0.5) is 0 Å². The molecule has 0 amide bonds. The Kier molecular flexibility index (Phi) is 5.38. The summed E-state index contributed by atoms with van der Waals surface area (Å²) in [5, 5.41) is 3.02. The molecule has 1 fully saturated rings. The Morgan fingerprint density at radius 1 is 1.35 bits per heavy atom. The van der Waals surface area contributed by atoms with Gasteiger partial charge in [0.2, 0.25) is 0 Å². The lowest BCUT2D eigenvalue weighted by Gasteiger charge is -2.25. The first-order valence-corrected chi connectivity index (χ1v) is 7.20. The molecule has 1 aliphatic rings. The average molecular weight is 255 g/mol. The molecule has 1 saturated heterocycles. The van der Waals surface area contributed by atoms with E-state index < -0.39 is 0 Å². The molecular weight excluding hydrogens is 234 g/mol. The van der Waals surface area contributed by atoms with Crippen LogP contribution in [0.3, 0.4) is 0 Å². The number of hydrogen-bond donors (Lipinski definition) is 1. The van der Waals surface area contributed by atoms with Crippen LogP contribution in [0.15, 0.2) is 5.38 Å². The zero-order chi connectivity index (χ0) is 11.9. The maximum absolute atomic E-state index is 5.64. The Labute approximate surface area is 107 Å². The molecule has 1 aromatic rings. The molecule has 2 heterocycles. The van der Waals surface area contributed by atoms with Crippen LogP contribution in [-0.2, 0) is 17.9 Å². The molecule has 0 radical (unpaired) electrons. The summed E-state index contributed by atoms with van der Waals surface area (Å²) in [5.41, 5.74) is 6.52. The highest BCUT2D eigenvalue weighted by Gasteiger charge is 2.09.